The van der Waals surface area contributed by atoms with E-state index in [0.717, 1.165) is 11.3 Å². The zero-order valence-electron chi connectivity index (χ0n) is 16.1. The monoisotopic (exact) mass is 403 g/mol. The number of rotatable bonds is 5. The highest BCUT2D eigenvalue weighted by molar-refractivity contribution is 6.03. The Bertz CT molecular complexity index is 1320. The number of carbonyl (C=O) groups is 1. The third-order valence-electron chi connectivity index (χ3n) is 4.54. The van der Waals surface area contributed by atoms with Gasteiger partial charge in [-0.05, 0) is 55.0 Å². The molecule has 1 heterocycles. The summed E-state index contributed by atoms with van der Waals surface area (Å²) in [5.41, 5.74) is 1.06. The molecule has 0 atom stereocenters. The normalized spacial score (nSPS) is 11.3. The summed E-state index contributed by atoms with van der Waals surface area (Å²) in [4.78, 5) is 24.8. The topological polar surface area (TPSA) is 68.5 Å². The van der Waals surface area contributed by atoms with Gasteiger partial charge in [-0.1, -0.05) is 18.2 Å². The van der Waals surface area contributed by atoms with Crippen molar-refractivity contribution in [1.82, 2.24) is 0 Å². The molecule has 0 saturated heterocycles. The average molecular weight is 403 g/mol. The van der Waals surface area contributed by atoms with Crippen molar-refractivity contribution in [1.29, 1.82) is 0 Å². The molecular formula is C24H18FNO4. The molecule has 6 heteroatoms. The molecule has 1 N–H and O–H groups in total. The SMILES string of the molecule is CCOc1ccc(/C=C/C(=O)Nc2ccc3c(=O)c4cccc(F)c4oc3c2)cc1. The highest BCUT2D eigenvalue weighted by Gasteiger charge is 2.11. The quantitative estimate of drug-likeness (QED) is 0.370. The number of hydrogen-bond donors (Lipinski definition) is 1. The van der Waals surface area contributed by atoms with Crippen LogP contribution in [-0.2, 0) is 4.79 Å². The van der Waals surface area contributed by atoms with Crippen molar-refractivity contribution in [3.63, 3.8) is 0 Å². The lowest BCUT2D eigenvalue weighted by molar-refractivity contribution is -0.111. The van der Waals surface area contributed by atoms with Crippen LogP contribution in [0.3, 0.4) is 0 Å². The van der Waals surface area contributed by atoms with E-state index in [1.807, 2.05) is 31.2 Å². The standard InChI is InChI=1S/C24H18FNO4/c1-2-29-17-10-6-15(7-11-17)8-13-22(27)26-16-9-12-18-21(14-16)30-24-19(23(18)28)4-3-5-20(24)25/h3-14H,2H2,1H3,(H,26,27)/b13-8+. The van der Waals surface area contributed by atoms with E-state index in [0.29, 0.717) is 17.7 Å². The molecule has 0 spiro atoms. The predicted molar refractivity (Wildman–Crippen MR) is 115 cm³/mol. The number of hydrogen-bond acceptors (Lipinski definition) is 4. The molecule has 0 aliphatic carbocycles. The molecule has 0 aliphatic rings. The lowest BCUT2D eigenvalue weighted by Crippen LogP contribution is -2.08. The van der Waals surface area contributed by atoms with E-state index >= 15 is 0 Å². The van der Waals surface area contributed by atoms with Gasteiger partial charge in [0.2, 0.25) is 11.3 Å². The molecule has 0 bridgehead atoms. The molecule has 1 aromatic heterocycles. The van der Waals surface area contributed by atoms with Gasteiger partial charge in [-0.25, -0.2) is 4.39 Å². The maximum absolute atomic E-state index is 14.0. The first-order valence-electron chi connectivity index (χ1n) is 9.42. The Kier molecular flexibility index (Phi) is 5.30. The molecule has 150 valence electrons. The summed E-state index contributed by atoms with van der Waals surface area (Å²) in [6.07, 6.45) is 3.07. The summed E-state index contributed by atoms with van der Waals surface area (Å²) in [7, 11) is 0. The third kappa shape index (κ3) is 3.93. The van der Waals surface area contributed by atoms with E-state index in [1.165, 1.54) is 30.3 Å². The van der Waals surface area contributed by atoms with Crippen LogP contribution in [0.15, 0.2) is 76.0 Å². The van der Waals surface area contributed by atoms with Crippen LogP contribution in [0.25, 0.3) is 28.0 Å². The van der Waals surface area contributed by atoms with E-state index in [4.69, 9.17) is 9.15 Å². The summed E-state index contributed by atoms with van der Waals surface area (Å²) < 4.78 is 25.0. The van der Waals surface area contributed by atoms with Gasteiger partial charge in [0.25, 0.3) is 0 Å². The molecule has 0 radical (unpaired) electrons. The van der Waals surface area contributed by atoms with Gasteiger partial charge in [0, 0.05) is 17.8 Å². The van der Waals surface area contributed by atoms with Crippen LogP contribution in [0.4, 0.5) is 10.1 Å². The minimum Gasteiger partial charge on any atom is -0.494 e. The Morgan fingerprint density at radius 1 is 1.10 bits per heavy atom. The minimum absolute atomic E-state index is 0.103. The fraction of sp³-hybridized carbons (Fsp3) is 0.0833. The number of nitrogens with one attached hydrogen (secondary N) is 1. The highest BCUT2D eigenvalue weighted by Crippen LogP contribution is 2.23. The number of carbonyl (C=O) groups excluding carboxylic acids is 1. The Balaban J connectivity index is 1.56. The second-order valence-electron chi connectivity index (χ2n) is 6.58. The second-order valence-corrected chi connectivity index (χ2v) is 6.58. The van der Waals surface area contributed by atoms with Crippen LogP contribution in [-0.4, -0.2) is 12.5 Å². The van der Waals surface area contributed by atoms with Crippen molar-refractivity contribution in [3.05, 3.63) is 88.3 Å². The summed E-state index contributed by atoms with van der Waals surface area (Å²) >= 11 is 0. The number of amides is 1. The molecule has 0 aliphatic heterocycles. The van der Waals surface area contributed by atoms with Crippen molar-refractivity contribution in [3.8, 4) is 5.75 Å². The molecule has 30 heavy (non-hydrogen) atoms. The minimum atomic E-state index is -0.612. The number of para-hydroxylation sites is 1. The molecule has 0 unspecified atom stereocenters. The maximum atomic E-state index is 14.0. The van der Waals surface area contributed by atoms with Gasteiger partial charge in [-0.3, -0.25) is 9.59 Å². The van der Waals surface area contributed by atoms with Crippen molar-refractivity contribution in [2.24, 2.45) is 0 Å². The zero-order chi connectivity index (χ0) is 21.1. The fourth-order valence-electron chi connectivity index (χ4n) is 3.12. The first-order chi connectivity index (χ1) is 14.5. The number of anilines is 1. The second kappa shape index (κ2) is 8.21. The third-order valence-corrected chi connectivity index (χ3v) is 4.54. The average Bonchev–Trinajstić information content (AvgIpc) is 2.74. The van der Waals surface area contributed by atoms with E-state index < -0.39 is 5.82 Å². The van der Waals surface area contributed by atoms with Gasteiger partial charge in [0.05, 0.1) is 17.4 Å². The zero-order valence-corrected chi connectivity index (χ0v) is 16.1. The van der Waals surface area contributed by atoms with E-state index in [-0.39, 0.29) is 27.9 Å². The van der Waals surface area contributed by atoms with Crippen LogP contribution in [0.1, 0.15) is 12.5 Å². The van der Waals surface area contributed by atoms with Crippen molar-refractivity contribution >= 4 is 39.6 Å². The summed E-state index contributed by atoms with van der Waals surface area (Å²) in [5, 5.41) is 3.21. The lowest BCUT2D eigenvalue weighted by atomic mass is 10.1. The molecule has 4 rings (SSSR count). The van der Waals surface area contributed by atoms with Crippen LogP contribution in [0.5, 0.6) is 5.75 Å². The van der Waals surface area contributed by atoms with Crippen molar-refractivity contribution in [2.45, 2.75) is 6.92 Å². The molecule has 0 fully saturated rings. The van der Waals surface area contributed by atoms with Crippen LogP contribution in [0, 0.1) is 5.82 Å². The number of ether oxygens (including phenoxy) is 1. The van der Waals surface area contributed by atoms with Gasteiger partial charge in [-0.15, -0.1) is 0 Å². The molecule has 0 saturated carbocycles. The van der Waals surface area contributed by atoms with E-state index in [2.05, 4.69) is 5.32 Å². The summed E-state index contributed by atoms with van der Waals surface area (Å²) in [6.45, 7) is 2.50. The smallest absolute Gasteiger partial charge is 0.248 e. The number of benzene rings is 3. The van der Waals surface area contributed by atoms with Gasteiger partial charge in [0.15, 0.2) is 11.4 Å². The fourth-order valence-corrected chi connectivity index (χ4v) is 3.12. The first kappa shape index (κ1) is 19.4. The van der Waals surface area contributed by atoms with Crippen LogP contribution >= 0.6 is 0 Å². The molecule has 4 aromatic rings. The number of fused-ring (bicyclic) bond motifs is 2. The van der Waals surface area contributed by atoms with Crippen molar-refractivity contribution in [2.75, 3.05) is 11.9 Å². The molecule has 5 nitrogen and oxygen atoms in total. The Hall–Kier alpha value is -3.93. The van der Waals surface area contributed by atoms with Crippen molar-refractivity contribution < 1.29 is 18.3 Å². The summed E-state index contributed by atoms with van der Waals surface area (Å²) in [6, 6.07) is 16.2. The Morgan fingerprint density at radius 2 is 1.90 bits per heavy atom. The van der Waals surface area contributed by atoms with Gasteiger partial charge in [0.1, 0.15) is 11.3 Å². The van der Waals surface area contributed by atoms with Gasteiger partial charge >= 0.3 is 0 Å². The van der Waals surface area contributed by atoms with Crippen LogP contribution in [0.2, 0.25) is 0 Å². The van der Waals surface area contributed by atoms with Gasteiger partial charge < -0.3 is 14.5 Å². The van der Waals surface area contributed by atoms with E-state index in [1.54, 1.807) is 18.2 Å². The van der Waals surface area contributed by atoms with E-state index in [9.17, 15) is 14.0 Å². The molecule has 3 aromatic carbocycles. The lowest BCUT2D eigenvalue weighted by Gasteiger charge is -2.06. The Labute approximate surface area is 171 Å². The summed E-state index contributed by atoms with van der Waals surface area (Å²) in [5.74, 6) is -0.197. The Morgan fingerprint density at radius 3 is 2.67 bits per heavy atom. The molecule has 1 amide bonds. The predicted octanol–water partition coefficient (Wildman–Crippen LogP) is 5.14. The van der Waals surface area contributed by atoms with Crippen LogP contribution < -0.4 is 15.5 Å². The first-order valence-corrected chi connectivity index (χ1v) is 9.42. The highest BCUT2D eigenvalue weighted by atomic mass is 19.1. The largest absolute Gasteiger partial charge is 0.494 e. The maximum Gasteiger partial charge on any atom is 0.248 e. The number of halogens is 1. The molecular weight excluding hydrogens is 385 g/mol. The van der Waals surface area contributed by atoms with Gasteiger partial charge in [-0.2, -0.15) is 0 Å².